The van der Waals surface area contributed by atoms with E-state index in [4.69, 9.17) is 23.7 Å². The molecule has 3 N–H and O–H groups in total. The van der Waals surface area contributed by atoms with Crippen molar-refractivity contribution in [1.29, 1.82) is 0 Å². The molecule has 0 aromatic carbocycles. The Hall–Kier alpha value is -2.80. The molecule has 0 aliphatic carbocycles. The Morgan fingerprint density at radius 1 is 0.478 bits per heavy atom. The molecule has 69 heavy (non-hydrogen) atoms. The first-order chi connectivity index (χ1) is 33.6. The topological polar surface area (TPSA) is 175 Å². The van der Waals surface area contributed by atoms with E-state index in [9.17, 15) is 34.5 Å². The molecular formula is C57H102O12. The predicted molar refractivity (Wildman–Crippen MR) is 276 cm³/mol. The van der Waals surface area contributed by atoms with Gasteiger partial charge in [-0.2, -0.15) is 0 Å². The van der Waals surface area contributed by atoms with Crippen LogP contribution >= 0.6 is 0 Å². The SMILES string of the molecule is CCCCC/C=C\C/C=C\CCCCCCCCCC(=O)OC1C(OCC(COC(=O)CCCCCCCCCCCCC)OC(=O)CCCCCCCCCCCCC)OC(C(=O)O)C(O)C1O. The van der Waals surface area contributed by atoms with Gasteiger partial charge in [0, 0.05) is 19.3 Å². The summed E-state index contributed by atoms with van der Waals surface area (Å²) in [7, 11) is 0. The molecule has 6 atom stereocenters. The lowest BCUT2D eigenvalue weighted by atomic mass is 9.98. The quantitative estimate of drug-likeness (QED) is 0.0228. The molecule has 0 amide bonds. The van der Waals surface area contributed by atoms with E-state index in [0.717, 1.165) is 89.9 Å². The summed E-state index contributed by atoms with van der Waals surface area (Å²) in [5.74, 6) is -3.10. The number of unbranched alkanes of at least 4 members (excludes halogenated alkanes) is 30. The average molecular weight is 979 g/mol. The van der Waals surface area contributed by atoms with Gasteiger partial charge in [0.15, 0.2) is 24.6 Å². The lowest BCUT2D eigenvalue weighted by Gasteiger charge is -2.40. The molecule has 1 aliphatic rings. The summed E-state index contributed by atoms with van der Waals surface area (Å²) in [6.07, 6.45) is 38.7. The number of aliphatic hydroxyl groups is 2. The molecule has 0 radical (unpaired) electrons. The monoisotopic (exact) mass is 979 g/mol. The van der Waals surface area contributed by atoms with Gasteiger partial charge < -0.3 is 39.0 Å². The van der Waals surface area contributed by atoms with Crippen molar-refractivity contribution in [2.45, 2.75) is 302 Å². The van der Waals surface area contributed by atoms with Crippen LogP contribution in [0.2, 0.25) is 0 Å². The Labute approximate surface area is 419 Å². The average Bonchev–Trinajstić information content (AvgIpc) is 3.33. The van der Waals surface area contributed by atoms with Crippen molar-refractivity contribution in [3.63, 3.8) is 0 Å². The van der Waals surface area contributed by atoms with Crippen LogP contribution in [0.15, 0.2) is 24.3 Å². The maximum atomic E-state index is 13.1. The molecule has 1 saturated heterocycles. The highest BCUT2D eigenvalue weighted by atomic mass is 16.7. The van der Waals surface area contributed by atoms with Crippen molar-refractivity contribution in [3.8, 4) is 0 Å². The Morgan fingerprint density at radius 3 is 1.33 bits per heavy atom. The third kappa shape index (κ3) is 36.7. The van der Waals surface area contributed by atoms with Crippen molar-refractivity contribution in [2.24, 2.45) is 0 Å². The summed E-state index contributed by atoms with van der Waals surface area (Å²) in [6, 6.07) is 0. The van der Waals surface area contributed by atoms with Gasteiger partial charge in [0.05, 0.1) is 6.61 Å². The van der Waals surface area contributed by atoms with Crippen LogP contribution in [0.3, 0.4) is 0 Å². The zero-order valence-electron chi connectivity index (χ0n) is 44.1. The second-order valence-corrected chi connectivity index (χ2v) is 19.6. The second kappa shape index (κ2) is 46.3. The highest BCUT2D eigenvalue weighted by molar-refractivity contribution is 5.74. The summed E-state index contributed by atoms with van der Waals surface area (Å²) in [4.78, 5) is 50.9. The molecule has 0 spiro atoms. The smallest absolute Gasteiger partial charge is 0.335 e. The molecule has 402 valence electrons. The maximum Gasteiger partial charge on any atom is 0.335 e. The van der Waals surface area contributed by atoms with Gasteiger partial charge in [0.1, 0.15) is 18.8 Å². The minimum absolute atomic E-state index is 0.0562. The van der Waals surface area contributed by atoms with E-state index < -0.39 is 67.3 Å². The fourth-order valence-corrected chi connectivity index (χ4v) is 8.63. The van der Waals surface area contributed by atoms with Gasteiger partial charge in [-0.1, -0.05) is 218 Å². The largest absolute Gasteiger partial charge is 0.479 e. The van der Waals surface area contributed by atoms with Gasteiger partial charge in [0.2, 0.25) is 0 Å². The zero-order valence-corrected chi connectivity index (χ0v) is 44.1. The third-order valence-electron chi connectivity index (χ3n) is 13.0. The molecule has 12 nitrogen and oxygen atoms in total. The molecule has 1 heterocycles. The minimum atomic E-state index is -1.90. The summed E-state index contributed by atoms with van der Waals surface area (Å²) >= 11 is 0. The number of carbonyl (C=O) groups excluding carboxylic acids is 3. The van der Waals surface area contributed by atoms with E-state index in [1.54, 1.807) is 0 Å². The third-order valence-corrected chi connectivity index (χ3v) is 13.0. The normalized spacial score (nSPS) is 18.8. The summed E-state index contributed by atoms with van der Waals surface area (Å²) < 4.78 is 28.3. The predicted octanol–water partition coefficient (Wildman–Crippen LogP) is 13.9. The molecule has 1 fully saturated rings. The van der Waals surface area contributed by atoms with Crippen molar-refractivity contribution in [3.05, 3.63) is 24.3 Å². The van der Waals surface area contributed by atoms with Gasteiger partial charge in [-0.05, 0) is 51.4 Å². The molecule has 0 saturated carbocycles. The Bertz CT molecular complexity index is 1300. The number of ether oxygens (including phenoxy) is 5. The van der Waals surface area contributed by atoms with Gasteiger partial charge in [0.25, 0.3) is 0 Å². The number of rotatable bonds is 48. The van der Waals surface area contributed by atoms with Crippen LogP contribution in [-0.4, -0.2) is 89.2 Å². The van der Waals surface area contributed by atoms with Gasteiger partial charge in [-0.3, -0.25) is 14.4 Å². The van der Waals surface area contributed by atoms with Crippen LogP contribution in [0.25, 0.3) is 0 Å². The number of aliphatic carboxylic acids is 1. The van der Waals surface area contributed by atoms with Crippen molar-refractivity contribution in [1.82, 2.24) is 0 Å². The lowest BCUT2D eigenvalue weighted by Crippen LogP contribution is -2.61. The molecule has 1 rings (SSSR count). The number of carboxylic acids is 1. The van der Waals surface area contributed by atoms with Crippen LogP contribution < -0.4 is 0 Å². The summed E-state index contributed by atoms with van der Waals surface area (Å²) in [5, 5.41) is 31.4. The second-order valence-electron chi connectivity index (χ2n) is 19.6. The number of allylic oxidation sites excluding steroid dienone is 4. The highest BCUT2D eigenvalue weighted by Gasteiger charge is 2.50. The lowest BCUT2D eigenvalue weighted by molar-refractivity contribution is -0.301. The van der Waals surface area contributed by atoms with E-state index in [0.29, 0.717) is 19.3 Å². The van der Waals surface area contributed by atoms with Gasteiger partial charge in [-0.15, -0.1) is 0 Å². The van der Waals surface area contributed by atoms with Crippen LogP contribution in [0, 0.1) is 0 Å². The number of carbonyl (C=O) groups is 4. The fourth-order valence-electron chi connectivity index (χ4n) is 8.63. The van der Waals surface area contributed by atoms with Crippen molar-refractivity contribution in [2.75, 3.05) is 13.2 Å². The fraction of sp³-hybridized carbons (Fsp3) is 0.860. The van der Waals surface area contributed by atoms with E-state index in [2.05, 4.69) is 45.1 Å². The molecule has 12 heteroatoms. The van der Waals surface area contributed by atoms with Crippen molar-refractivity contribution >= 4 is 23.9 Å². The Balaban J connectivity index is 2.68. The number of hydrogen-bond acceptors (Lipinski definition) is 11. The number of carboxylic acid groups (broad SMARTS) is 1. The number of aliphatic hydroxyl groups excluding tert-OH is 2. The minimum Gasteiger partial charge on any atom is -0.479 e. The summed E-state index contributed by atoms with van der Waals surface area (Å²) in [6.45, 7) is 5.95. The molecule has 1 aliphatic heterocycles. The first-order valence-electron chi connectivity index (χ1n) is 28.3. The number of hydrogen-bond donors (Lipinski definition) is 3. The molecule has 0 aromatic rings. The standard InChI is InChI=1S/C57H102O12/c1-4-7-10-13-16-19-22-23-24-25-26-27-30-33-36-39-42-45-51(60)68-55-53(62)52(61)54(56(63)64)69-57(55)66-47-48(67-50(59)44-41-38-35-32-29-21-18-15-12-9-6-3)46-65-49(58)43-40-37-34-31-28-20-17-14-11-8-5-2/h16,19,23-24,48,52-55,57,61-62H,4-15,17-18,20-22,25-47H2,1-3H3,(H,63,64)/b19-16-,24-23-. The van der Waals surface area contributed by atoms with Gasteiger partial charge in [-0.25, -0.2) is 4.79 Å². The molecule has 0 aromatic heterocycles. The molecule has 0 bridgehead atoms. The van der Waals surface area contributed by atoms with Crippen molar-refractivity contribution < 1.29 is 58.2 Å². The molecule has 6 unspecified atom stereocenters. The maximum absolute atomic E-state index is 13.1. The van der Waals surface area contributed by atoms with Crippen LogP contribution in [0.5, 0.6) is 0 Å². The first kappa shape index (κ1) is 64.2. The van der Waals surface area contributed by atoms with E-state index in [1.807, 2.05) is 0 Å². The Morgan fingerprint density at radius 2 is 0.870 bits per heavy atom. The van der Waals surface area contributed by atoms with E-state index in [1.165, 1.54) is 116 Å². The van der Waals surface area contributed by atoms with Crippen LogP contribution in [-0.2, 0) is 42.9 Å². The molecular weight excluding hydrogens is 877 g/mol. The summed E-state index contributed by atoms with van der Waals surface area (Å²) in [5.41, 5.74) is 0. The number of esters is 3. The van der Waals surface area contributed by atoms with E-state index >= 15 is 0 Å². The zero-order chi connectivity index (χ0) is 50.4. The Kier molecular flexibility index (Phi) is 43.1. The van der Waals surface area contributed by atoms with Crippen LogP contribution in [0.1, 0.15) is 265 Å². The van der Waals surface area contributed by atoms with Gasteiger partial charge >= 0.3 is 23.9 Å². The van der Waals surface area contributed by atoms with Crippen LogP contribution in [0.4, 0.5) is 0 Å². The highest BCUT2D eigenvalue weighted by Crippen LogP contribution is 2.26. The van der Waals surface area contributed by atoms with E-state index in [-0.39, 0.29) is 25.9 Å². The first-order valence-corrected chi connectivity index (χ1v) is 28.3.